The summed E-state index contributed by atoms with van der Waals surface area (Å²) in [7, 11) is -7.65. The standard InChI is InChI=1S/C22H31N9O13P2/c1-39-13(7-42-45(35,36)40-2)16(33)21(31-9-27-15-18(31)28-22(24)29-19(15)34)44-46(37,38)41-6-10-5-12(32)20(43-10)30-8-26-14-11(30)3-4-25-17(14)23/h3-4,8-10,12-13,16,20-21,32-33H,5-7H2,1-2H3,(H2,23,25)(H,35,36)(H,37,38)(H3,24,28,29,34)/t10-,12+,13+,16+,20+,21+/m0/s1. The number of imidazole rings is 2. The Labute approximate surface area is 258 Å². The normalized spacial score (nSPS) is 23.3. The third-order valence-electron chi connectivity index (χ3n) is 6.96. The molecular formula is C22H31N9O13P2. The zero-order chi connectivity index (χ0) is 33.4. The lowest BCUT2D eigenvalue weighted by molar-refractivity contribution is -0.114. The van der Waals surface area contributed by atoms with Crippen LogP contribution < -0.4 is 17.0 Å². The first kappa shape index (κ1) is 34.0. The van der Waals surface area contributed by atoms with Gasteiger partial charge in [0.1, 0.15) is 23.8 Å². The van der Waals surface area contributed by atoms with Crippen LogP contribution in [-0.4, -0.2) is 106 Å². The molecular weight excluding hydrogens is 660 g/mol. The van der Waals surface area contributed by atoms with Gasteiger partial charge in [-0.05, 0) is 6.07 Å². The number of nitrogens with one attached hydrogen (secondary N) is 1. The summed E-state index contributed by atoms with van der Waals surface area (Å²) in [6.07, 6.45) is -4.50. The van der Waals surface area contributed by atoms with Crippen molar-refractivity contribution in [3.05, 3.63) is 35.3 Å². The maximum Gasteiger partial charge on any atom is 0.474 e. The minimum Gasteiger partial charge on any atom is -0.388 e. The highest BCUT2D eigenvalue weighted by Crippen LogP contribution is 2.49. The van der Waals surface area contributed by atoms with Crippen molar-refractivity contribution in [2.24, 2.45) is 0 Å². The van der Waals surface area contributed by atoms with Crippen molar-refractivity contribution in [3.8, 4) is 0 Å². The molecule has 8 atom stereocenters. The highest BCUT2D eigenvalue weighted by Gasteiger charge is 2.41. The number of H-pyrrole nitrogens is 1. The number of aromatic amines is 1. The molecule has 4 aromatic heterocycles. The summed E-state index contributed by atoms with van der Waals surface area (Å²) in [5, 5.41) is 21.9. The zero-order valence-electron chi connectivity index (χ0n) is 24.1. The molecule has 24 heteroatoms. The van der Waals surface area contributed by atoms with E-state index in [1.54, 1.807) is 6.07 Å². The molecule has 2 unspecified atom stereocenters. The number of rotatable bonds is 14. The van der Waals surface area contributed by atoms with Crippen LogP contribution in [0.4, 0.5) is 11.8 Å². The van der Waals surface area contributed by atoms with Crippen molar-refractivity contribution in [2.75, 3.05) is 38.9 Å². The number of phosphoric acid groups is 2. The number of fused-ring (bicyclic) bond motifs is 2. The largest absolute Gasteiger partial charge is 0.474 e. The van der Waals surface area contributed by atoms with Crippen LogP contribution in [0.3, 0.4) is 0 Å². The molecule has 1 aliphatic heterocycles. The second-order valence-electron chi connectivity index (χ2n) is 9.91. The zero-order valence-corrected chi connectivity index (χ0v) is 25.9. The molecule has 5 heterocycles. The highest BCUT2D eigenvalue weighted by atomic mass is 31.2. The monoisotopic (exact) mass is 691 g/mol. The summed E-state index contributed by atoms with van der Waals surface area (Å²) in [6.45, 7) is -1.33. The molecule has 0 aromatic carbocycles. The minimum absolute atomic E-state index is 0.0150. The molecule has 1 aliphatic rings. The number of aliphatic hydroxyl groups excluding tert-OH is 2. The predicted molar refractivity (Wildman–Crippen MR) is 155 cm³/mol. The van der Waals surface area contributed by atoms with E-state index in [1.807, 2.05) is 0 Å². The molecule has 1 fully saturated rings. The number of nitrogens with two attached hydrogens (primary N) is 2. The van der Waals surface area contributed by atoms with Gasteiger partial charge in [-0.3, -0.25) is 32.4 Å². The van der Waals surface area contributed by atoms with E-state index in [0.717, 1.165) is 25.1 Å². The number of pyridine rings is 1. The van der Waals surface area contributed by atoms with Gasteiger partial charge in [0.15, 0.2) is 29.4 Å². The van der Waals surface area contributed by atoms with Crippen LogP contribution in [0.1, 0.15) is 18.9 Å². The van der Waals surface area contributed by atoms with Crippen molar-refractivity contribution in [1.82, 2.24) is 34.1 Å². The predicted octanol–water partition coefficient (Wildman–Crippen LogP) is -0.851. The lowest BCUT2D eigenvalue weighted by Crippen LogP contribution is -2.40. The Morgan fingerprint density at radius 1 is 1.13 bits per heavy atom. The van der Waals surface area contributed by atoms with E-state index in [4.69, 9.17) is 34.5 Å². The highest BCUT2D eigenvalue weighted by molar-refractivity contribution is 7.47. The number of aromatic nitrogens is 7. The van der Waals surface area contributed by atoms with Crippen LogP contribution >= 0.6 is 15.6 Å². The maximum absolute atomic E-state index is 13.3. The Morgan fingerprint density at radius 3 is 2.59 bits per heavy atom. The number of nitrogens with zero attached hydrogens (tertiary/aromatic N) is 6. The minimum atomic E-state index is -5.13. The van der Waals surface area contributed by atoms with Gasteiger partial charge in [-0.25, -0.2) is 24.1 Å². The lowest BCUT2D eigenvalue weighted by Gasteiger charge is -2.30. The Hall–Kier alpha value is -3.37. The number of anilines is 2. The van der Waals surface area contributed by atoms with Crippen molar-refractivity contribution >= 4 is 49.6 Å². The van der Waals surface area contributed by atoms with E-state index >= 15 is 0 Å². The molecule has 9 N–H and O–H groups in total. The fraction of sp³-hybridized carbons (Fsp3) is 0.500. The maximum atomic E-state index is 13.3. The molecule has 22 nitrogen and oxygen atoms in total. The topological polar surface area (TPSA) is 317 Å². The average Bonchev–Trinajstić information content (AvgIpc) is 3.72. The molecule has 0 saturated carbocycles. The molecule has 0 aliphatic carbocycles. The van der Waals surface area contributed by atoms with Gasteiger partial charge in [-0.1, -0.05) is 0 Å². The number of aliphatic hydroxyl groups is 2. The van der Waals surface area contributed by atoms with Crippen molar-refractivity contribution < 1.29 is 56.7 Å². The first-order chi connectivity index (χ1) is 21.7. The number of ether oxygens (including phenoxy) is 2. The summed E-state index contributed by atoms with van der Waals surface area (Å²) in [5.74, 6) is -0.168. The van der Waals surface area contributed by atoms with E-state index < -0.39 is 71.3 Å². The first-order valence-electron chi connectivity index (χ1n) is 13.3. The van der Waals surface area contributed by atoms with Crippen LogP contribution in [0.15, 0.2) is 29.7 Å². The van der Waals surface area contributed by atoms with E-state index in [-0.39, 0.29) is 29.4 Å². The molecule has 0 amide bonds. The number of phosphoric ester groups is 2. The molecule has 46 heavy (non-hydrogen) atoms. The quantitative estimate of drug-likeness (QED) is 0.0792. The number of methoxy groups -OCH3 is 1. The third kappa shape index (κ3) is 7.13. The Kier molecular flexibility index (Phi) is 9.89. The molecule has 5 rings (SSSR count). The van der Waals surface area contributed by atoms with E-state index in [9.17, 15) is 33.9 Å². The van der Waals surface area contributed by atoms with Gasteiger partial charge in [0, 0.05) is 26.8 Å². The second kappa shape index (κ2) is 13.4. The van der Waals surface area contributed by atoms with Crippen LogP contribution in [0.5, 0.6) is 0 Å². The van der Waals surface area contributed by atoms with Gasteiger partial charge in [0.05, 0.1) is 37.5 Å². The van der Waals surface area contributed by atoms with Gasteiger partial charge < -0.3 is 45.5 Å². The average molecular weight is 691 g/mol. The fourth-order valence-corrected chi connectivity index (χ4v) is 6.09. The summed E-state index contributed by atoms with van der Waals surface area (Å²) in [6, 6.07) is 1.63. The van der Waals surface area contributed by atoms with Gasteiger partial charge in [-0.15, -0.1) is 0 Å². The van der Waals surface area contributed by atoms with Crippen LogP contribution in [0.25, 0.3) is 22.2 Å². The smallest absolute Gasteiger partial charge is 0.388 e. The third-order valence-corrected chi connectivity index (χ3v) is 8.85. The van der Waals surface area contributed by atoms with Crippen LogP contribution in [0, 0.1) is 0 Å². The summed E-state index contributed by atoms with van der Waals surface area (Å²) in [4.78, 5) is 51.0. The molecule has 0 spiro atoms. The summed E-state index contributed by atoms with van der Waals surface area (Å²) in [5.41, 5.74) is 11.2. The van der Waals surface area contributed by atoms with Gasteiger partial charge in [0.2, 0.25) is 5.95 Å². The van der Waals surface area contributed by atoms with Crippen molar-refractivity contribution in [3.63, 3.8) is 0 Å². The Morgan fingerprint density at radius 2 is 1.87 bits per heavy atom. The van der Waals surface area contributed by atoms with E-state index in [2.05, 4.69) is 29.4 Å². The first-order valence-corrected chi connectivity index (χ1v) is 16.2. The number of hydrogen-bond donors (Lipinski definition) is 7. The Bertz CT molecular complexity index is 1850. The van der Waals surface area contributed by atoms with Gasteiger partial charge in [-0.2, -0.15) is 4.98 Å². The van der Waals surface area contributed by atoms with Gasteiger partial charge >= 0.3 is 15.6 Å². The number of nitrogen functional groups attached to an aromatic ring is 2. The molecule has 0 bridgehead atoms. The molecule has 1 saturated heterocycles. The van der Waals surface area contributed by atoms with Crippen LogP contribution in [0.2, 0.25) is 0 Å². The SMILES string of the molecule is CO[C@H](COP(=O)(O)OC)[C@@H](O)[C@@H](OP(=O)(O)OC[C@@H]1C[C@@H](O)[C@H](n2cnc3c(N)nccc32)O1)n1cnc2c(=O)[nH]c(N)nc21. The van der Waals surface area contributed by atoms with Crippen LogP contribution in [-0.2, 0) is 36.7 Å². The fourth-order valence-electron chi connectivity index (χ4n) is 4.73. The molecule has 4 aromatic rings. The lowest BCUT2D eigenvalue weighted by atomic mass is 10.2. The second-order valence-corrected chi connectivity index (χ2v) is 12.9. The van der Waals surface area contributed by atoms with E-state index in [0.29, 0.717) is 11.0 Å². The van der Waals surface area contributed by atoms with Gasteiger partial charge in [0.25, 0.3) is 5.56 Å². The van der Waals surface area contributed by atoms with E-state index in [1.165, 1.54) is 17.1 Å². The molecule has 252 valence electrons. The van der Waals surface area contributed by atoms with Crippen molar-refractivity contribution in [1.29, 1.82) is 0 Å². The van der Waals surface area contributed by atoms with Crippen molar-refractivity contribution in [2.45, 2.75) is 43.3 Å². The summed E-state index contributed by atoms with van der Waals surface area (Å²) >= 11 is 0. The summed E-state index contributed by atoms with van der Waals surface area (Å²) < 4.78 is 58.2. The Balaban J connectivity index is 1.35. The molecule has 0 radical (unpaired) electrons. The number of hydrogen-bond acceptors (Lipinski definition) is 17.